The Morgan fingerprint density at radius 1 is 1.22 bits per heavy atom. The SMILES string of the molecule is CC(C)c1cc2c(cc1Br)[C@@]1(C)CCC[C@@](C)(C(=O)O)[C@@H]1C/C2=N\OCCNS(=O)(=O)c1cccc2cccnc12. The lowest BCUT2D eigenvalue weighted by atomic mass is 9.49. The molecule has 2 aliphatic carbocycles. The van der Waals surface area contributed by atoms with Gasteiger partial charge < -0.3 is 9.94 Å². The summed E-state index contributed by atoms with van der Waals surface area (Å²) in [7, 11) is -3.82. The van der Waals surface area contributed by atoms with Crippen LogP contribution in [-0.2, 0) is 25.1 Å². The van der Waals surface area contributed by atoms with Gasteiger partial charge in [0.25, 0.3) is 0 Å². The second-order valence-electron chi connectivity index (χ2n) is 11.9. The number of hydrogen-bond donors (Lipinski definition) is 2. The first-order chi connectivity index (χ1) is 19.4. The summed E-state index contributed by atoms with van der Waals surface area (Å²) < 4.78 is 29.7. The average Bonchev–Trinajstić information content (AvgIpc) is 2.92. The van der Waals surface area contributed by atoms with E-state index >= 15 is 0 Å². The zero-order valence-corrected chi connectivity index (χ0v) is 26.2. The smallest absolute Gasteiger partial charge is 0.309 e. The molecule has 0 aliphatic heterocycles. The van der Waals surface area contributed by atoms with Crippen LogP contribution in [0.25, 0.3) is 10.9 Å². The van der Waals surface area contributed by atoms with Crippen molar-refractivity contribution in [1.29, 1.82) is 0 Å². The maximum absolute atomic E-state index is 13.0. The fraction of sp³-hybridized carbons (Fsp3) is 0.452. The Morgan fingerprint density at radius 2 is 1.98 bits per heavy atom. The van der Waals surface area contributed by atoms with E-state index in [1.54, 1.807) is 18.3 Å². The first-order valence-corrected chi connectivity index (χ1v) is 16.3. The Morgan fingerprint density at radius 3 is 2.71 bits per heavy atom. The van der Waals surface area contributed by atoms with Gasteiger partial charge in [-0.15, -0.1) is 0 Å². The maximum Gasteiger partial charge on any atom is 0.309 e. The minimum absolute atomic E-state index is 0.0146. The predicted molar refractivity (Wildman–Crippen MR) is 163 cm³/mol. The number of aliphatic carboxylic acids is 1. The number of hydrogen-bond acceptors (Lipinski definition) is 6. The van der Waals surface area contributed by atoms with Crippen molar-refractivity contribution in [2.75, 3.05) is 13.2 Å². The Bertz CT molecular complexity index is 1630. The highest BCUT2D eigenvalue weighted by Gasteiger charge is 2.56. The van der Waals surface area contributed by atoms with Crippen molar-refractivity contribution in [2.45, 2.75) is 69.6 Å². The average molecular weight is 643 g/mol. The molecule has 2 aromatic carbocycles. The number of para-hydroxylation sites is 1. The Hall–Kier alpha value is -2.82. The van der Waals surface area contributed by atoms with E-state index in [0.29, 0.717) is 24.1 Å². The topological polar surface area (TPSA) is 118 Å². The van der Waals surface area contributed by atoms with Crippen molar-refractivity contribution in [3.8, 4) is 0 Å². The van der Waals surface area contributed by atoms with Gasteiger partial charge in [0.15, 0.2) is 0 Å². The maximum atomic E-state index is 13.0. The number of oxime groups is 1. The number of benzene rings is 2. The van der Waals surface area contributed by atoms with E-state index in [-0.39, 0.29) is 35.3 Å². The highest BCUT2D eigenvalue weighted by molar-refractivity contribution is 9.10. The van der Waals surface area contributed by atoms with Crippen LogP contribution in [0.5, 0.6) is 0 Å². The van der Waals surface area contributed by atoms with Gasteiger partial charge in [-0.25, -0.2) is 13.1 Å². The molecule has 0 bridgehead atoms. The number of pyridine rings is 1. The van der Waals surface area contributed by atoms with Crippen molar-refractivity contribution < 1.29 is 23.2 Å². The van der Waals surface area contributed by atoms with Crippen LogP contribution in [0.15, 0.2) is 63.2 Å². The van der Waals surface area contributed by atoms with Gasteiger partial charge in [0.2, 0.25) is 10.0 Å². The third-order valence-corrected chi connectivity index (χ3v) is 11.2. The number of carbonyl (C=O) groups is 1. The standard InChI is InChI=1S/C31H36BrN3O5S/c1-19(2)21-16-22-23(17-24(21)32)30(3)11-7-12-31(4,29(36)37)27(30)18-25(22)35-40-15-14-34-41(38,39)26-10-5-8-20-9-6-13-33-28(20)26/h5-6,8-10,13,16-17,19,27,34H,7,11-12,14-15,18H2,1-4H3,(H,36,37)/b35-25+/t27-,30-,31-/m1/s1. The van der Waals surface area contributed by atoms with Gasteiger partial charge in [0.05, 0.1) is 16.6 Å². The summed E-state index contributed by atoms with van der Waals surface area (Å²) in [5, 5.41) is 15.5. The second-order valence-corrected chi connectivity index (χ2v) is 14.5. The fourth-order valence-electron chi connectivity index (χ4n) is 6.75. The van der Waals surface area contributed by atoms with E-state index in [2.05, 4.69) is 63.7 Å². The lowest BCUT2D eigenvalue weighted by Crippen LogP contribution is -2.53. The van der Waals surface area contributed by atoms with Crippen molar-refractivity contribution in [2.24, 2.45) is 16.5 Å². The van der Waals surface area contributed by atoms with Gasteiger partial charge in [-0.3, -0.25) is 9.78 Å². The minimum Gasteiger partial charge on any atom is -0.481 e. The molecule has 2 aliphatic rings. The molecule has 218 valence electrons. The number of carboxylic acids is 1. The van der Waals surface area contributed by atoms with Gasteiger partial charge in [0.1, 0.15) is 11.5 Å². The molecule has 41 heavy (non-hydrogen) atoms. The summed E-state index contributed by atoms with van der Waals surface area (Å²) in [6, 6.07) is 12.9. The zero-order chi connectivity index (χ0) is 29.6. The number of halogens is 1. The second kappa shape index (κ2) is 11.1. The number of aromatic nitrogens is 1. The number of nitrogens with zero attached hydrogens (tertiary/aromatic N) is 2. The molecule has 3 aromatic rings. The number of fused-ring (bicyclic) bond motifs is 4. The van der Waals surface area contributed by atoms with Crippen molar-refractivity contribution >= 4 is 48.5 Å². The molecule has 1 fully saturated rings. The van der Waals surface area contributed by atoms with Crippen LogP contribution in [0.1, 0.15) is 76.0 Å². The highest BCUT2D eigenvalue weighted by atomic mass is 79.9. The van der Waals surface area contributed by atoms with E-state index in [9.17, 15) is 18.3 Å². The summed E-state index contributed by atoms with van der Waals surface area (Å²) in [5.41, 5.74) is 3.11. The van der Waals surface area contributed by atoms with Gasteiger partial charge in [-0.1, -0.05) is 66.5 Å². The highest BCUT2D eigenvalue weighted by Crippen LogP contribution is 2.58. The molecule has 0 spiro atoms. The molecule has 0 radical (unpaired) electrons. The van der Waals surface area contributed by atoms with Gasteiger partial charge in [-0.2, -0.15) is 0 Å². The van der Waals surface area contributed by atoms with Gasteiger partial charge in [-0.05, 0) is 78.8 Å². The summed E-state index contributed by atoms with van der Waals surface area (Å²) in [5.74, 6) is -0.673. The lowest BCUT2D eigenvalue weighted by Gasteiger charge is -2.53. The van der Waals surface area contributed by atoms with Crippen LogP contribution < -0.4 is 4.72 Å². The van der Waals surface area contributed by atoms with E-state index < -0.39 is 21.4 Å². The van der Waals surface area contributed by atoms with E-state index in [0.717, 1.165) is 39.4 Å². The van der Waals surface area contributed by atoms with E-state index in [4.69, 9.17) is 4.84 Å². The van der Waals surface area contributed by atoms with E-state index in [1.165, 1.54) is 6.07 Å². The molecule has 0 amide bonds. The monoisotopic (exact) mass is 641 g/mol. The summed E-state index contributed by atoms with van der Waals surface area (Å²) in [6.07, 6.45) is 4.40. The molecule has 10 heteroatoms. The van der Waals surface area contributed by atoms with E-state index in [1.807, 2.05) is 19.1 Å². The Kier molecular flexibility index (Phi) is 8.04. The number of carboxylic acid groups (broad SMARTS) is 1. The lowest BCUT2D eigenvalue weighted by molar-refractivity contribution is -0.156. The van der Waals surface area contributed by atoms with Crippen molar-refractivity contribution in [1.82, 2.24) is 9.71 Å². The van der Waals surface area contributed by atoms with Crippen LogP contribution in [0.3, 0.4) is 0 Å². The first-order valence-electron chi connectivity index (χ1n) is 14.0. The van der Waals surface area contributed by atoms with Crippen LogP contribution in [-0.4, -0.2) is 43.3 Å². The van der Waals surface area contributed by atoms with Crippen LogP contribution >= 0.6 is 15.9 Å². The zero-order valence-electron chi connectivity index (χ0n) is 23.8. The quantitative estimate of drug-likeness (QED) is 0.218. The van der Waals surface area contributed by atoms with Crippen LogP contribution in [0, 0.1) is 11.3 Å². The van der Waals surface area contributed by atoms with Gasteiger partial charge in [0, 0.05) is 28.2 Å². The molecule has 0 saturated heterocycles. The van der Waals surface area contributed by atoms with Gasteiger partial charge >= 0.3 is 5.97 Å². The third kappa shape index (κ3) is 5.30. The minimum atomic E-state index is -3.82. The number of nitrogens with one attached hydrogen (secondary N) is 1. The molecule has 1 aromatic heterocycles. The summed E-state index contributed by atoms with van der Waals surface area (Å²) >= 11 is 3.76. The molecule has 2 N–H and O–H groups in total. The largest absolute Gasteiger partial charge is 0.481 e. The number of rotatable bonds is 8. The van der Waals surface area contributed by atoms with Crippen molar-refractivity contribution in [3.05, 3.63) is 69.8 Å². The third-order valence-electron chi connectivity index (χ3n) is 9.05. The van der Waals surface area contributed by atoms with Crippen molar-refractivity contribution in [3.63, 3.8) is 0 Å². The molecular weight excluding hydrogens is 606 g/mol. The molecule has 5 rings (SSSR count). The Labute approximate surface area is 249 Å². The molecule has 0 unspecified atom stereocenters. The molecular formula is C31H36BrN3O5S. The fourth-order valence-corrected chi connectivity index (χ4v) is 8.74. The predicted octanol–water partition coefficient (Wildman–Crippen LogP) is 6.37. The number of sulfonamides is 1. The molecule has 1 heterocycles. The Balaban J connectivity index is 1.41. The summed E-state index contributed by atoms with van der Waals surface area (Å²) in [6.45, 7) is 8.34. The normalized spacial score (nSPS) is 25.2. The molecule has 1 saturated carbocycles. The van der Waals surface area contributed by atoms with Crippen LogP contribution in [0.4, 0.5) is 0 Å². The summed E-state index contributed by atoms with van der Waals surface area (Å²) in [4.78, 5) is 22.6. The molecule has 3 atom stereocenters. The first kappa shape index (κ1) is 29.7. The van der Waals surface area contributed by atoms with Crippen LogP contribution in [0.2, 0.25) is 0 Å². The molecule has 8 nitrogen and oxygen atoms in total.